The van der Waals surface area contributed by atoms with Crippen molar-refractivity contribution in [3.8, 4) is 5.75 Å². The number of rotatable bonds is 8. The smallest absolute Gasteiger partial charge is 0.232 e. The first-order valence-electron chi connectivity index (χ1n) is 6.57. The standard InChI is InChI=1S/C13H19BrN2O3S/c1-19-13-6-3-10(14)9-12(13)16-20(17,18)8-2-7-15-11-4-5-11/h3,6,9,11,15-16H,2,4-5,7-8H2,1H3. The van der Waals surface area contributed by atoms with Gasteiger partial charge in [-0.3, -0.25) is 4.72 Å². The van der Waals surface area contributed by atoms with Crippen molar-refractivity contribution in [2.24, 2.45) is 0 Å². The maximum atomic E-state index is 12.0. The van der Waals surface area contributed by atoms with E-state index in [2.05, 4.69) is 26.0 Å². The van der Waals surface area contributed by atoms with Gasteiger partial charge in [-0.15, -0.1) is 0 Å². The molecular weight excluding hydrogens is 344 g/mol. The summed E-state index contributed by atoms with van der Waals surface area (Å²) < 4.78 is 32.6. The van der Waals surface area contributed by atoms with E-state index in [0.29, 0.717) is 23.9 Å². The van der Waals surface area contributed by atoms with E-state index in [-0.39, 0.29) is 5.75 Å². The van der Waals surface area contributed by atoms with Crippen molar-refractivity contribution in [2.45, 2.75) is 25.3 Å². The summed E-state index contributed by atoms with van der Waals surface area (Å²) in [6.45, 7) is 0.737. The summed E-state index contributed by atoms with van der Waals surface area (Å²) in [6, 6.07) is 5.82. The normalized spacial score (nSPS) is 15.1. The fourth-order valence-corrected chi connectivity index (χ4v) is 3.32. The van der Waals surface area contributed by atoms with Gasteiger partial charge in [0.2, 0.25) is 10.0 Å². The molecule has 1 aromatic carbocycles. The van der Waals surface area contributed by atoms with Gasteiger partial charge in [-0.05, 0) is 44.0 Å². The minimum Gasteiger partial charge on any atom is -0.495 e. The third-order valence-electron chi connectivity index (χ3n) is 3.03. The highest BCUT2D eigenvalue weighted by molar-refractivity contribution is 9.10. The number of nitrogens with one attached hydrogen (secondary N) is 2. The number of methoxy groups -OCH3 is 1. The third-order valence-corrected chi connectivity index (χ3v) is 4.88. The quantitative estimate of drug-likeness (QED) is 0.696. The second-order valence-electron chi connectivity index (χ2n) is 4.85. The molecule has 1 aromatic rings. The van der Waals surface area contributed by atoms with E-state index in [1.165, 1.54) is 20.0 Å². The molecular formula is C13H19BrN2O3S. The van der Waals surface area contributed by atoms with Crippen LogP contribution in [0.15, 0.2) is 22.7 Å². The summed E-state index contributed by atoms with van der Waals surface area (Å²) in [5, 5.41) is 3.30. The molecule has 0 atom stereocenters. The molecule has 0 bridgehead atoms. The molecule has 7 heteroatoms. The number of benzene rings is 1. The first-order chi connectivity index (χ1) is 9.50. The monoisotopic (exact) mass is 362 g/mol. The summed E-state index contributed by atoms with van der Waals surface area (Å²) in [5.41, 5.74) is 0.456. The number of ether oxygens (including phenoxy) is 1. The van der Waals surface area contributed by atoms with Crippen LogP contribution in [0, 0.1) is 0 Å². The Labute approximate surface area is 128 Å². The van der Waals surface area contributed by atoms with Crippen LogP contribution in [0.25, 0.3) is 0 Å². The maximum Gasteiger partial charge on any atom is 0.232 e. The van der Waals surface area contributed by atoms with E-state index in [1.54, 1.807) is 18.2 Å². The van der Waals surface area contributed by atoms with Crippen LogP contribution < -0.4 is 14.8 Å². The van der Waals surface area contributed by atoms with E-state index < -0.39 is 10.0 Å². The highest BCUT2D eigenvalue weighted by Crippen LogP contribution is 2.28. The van der Waals surface area contributed by atoms with E-state index in [1.807, 2.05) is 0 Å². The highest BCUT2D eigenvalue weighted by Gasteiger charge is 2.20. The van der Waals surface area contributed by atoms with Crippen LogP contribution in [0.1, 0.15) is 19.3 Å². The molecule has 0 unspecified atom stereocenters. The lowest BCUT2D eigenvalue weighted by atomic mass is 10.3. The molecule has 1 saturated carbocycles. The van der Waals surface area contributed by atoms with Crippen LogP contribution in [-0.2, 0) is 10.0 Å². The van der Waals surface area contributed by atoms with Crippen molar-refractivity contribution >= 4 is 31.6 Å². The van der Waals surface area contributed by atoms with Crippen molar-refractivity contribution in [3.05, 3.63) is 22.7 Å². The highest BCUT2D eigenvalue weighted by atomic mass is 79.9. The molecule has 1 aliphatic carbocycles. The van der Waals surface area contributed by atoms with E-state index >= 15 is 0 Å². The van der Waals surface area contributed by atoms with Crippen molar-refractivity contribution in [1.29, 1.82) is 0 Å². The SMILES string of the molecule is COc1ccc(Br)cc1NS(=O)(=O)CCCNC1CC1. The van der Waals surface area contributed by atoms with Crippen molar-refractivity contribution in [2.75, 3.05) is 24.1 Å². The first kappa shape index (κ1) is 15.6. The lowest BCUT2D eigenvalue weighted by molar-refractivity contribution is 0.417. The molecule has 0 spiro atoms. The van der Waals surface area contributed by atoms with E-state index in [0.717, 1.165) is 11.0 Å². The molecule has 2 N–H and O–H groups in total. The van der Waals surface area contributed by atoms with Gasteiger partial charge < -0.3 is 10.1 Å². The third kappa shape index (κ3) is 4.96. The molecule has 20 heavy (non-hydrogen) atoms. The Bertz CT molecular complexity index is 559. The van der Waals surface area contributed by atoms with Crippen LogP contribution in [0.4, 0.5) is 5.69 Å². The summed E-state index contributed by atoms with van der Waals surface area (Å²) >= 11 is 3.32. The number of halogens is 1. The molecule has 0 amide bonds. The molecule has 5 nitrogen and oxygen atoms in total. The Kier molecular flexibility index (Phi) is 5.29. The van der Waals surface area contributed by atoms with Crippen molar-refractivity contribution < 1.29 is 13.2 Å². The largest absolute Gasteiger partial charge is 0.495 e. The first-order valence-corrected chi connectivity index (χ1v) is 9.02. The van der Waals surface area contributed by atoms with Gasteiger partial charge in [0.1, 0.15) is 5.75 Å². The van der Waals surface area contributed by atoms with Crippen molar-refractivity contribution in [1.82, 2.24) is 5.32 Å². The van der Waals surface area contributed by atoms with Gasteiger partial charge in [0, 0.05) is 10.5 Å². The summed E-state index contributed by atoms with van der Waals surface area (Å²) in [6.07, 6.45) is 3.02. The van der Waals surface area contributed by atoms with Gasteiger partial charge >= 0.3 is 0 Å². The molecule has 2 rings (SSSR count). The Morgan fingerprint density at radius 1 is 1.40 bits per heavy atom. The minimum atomic E-state index is -3.35. The number of hydrogen-bond donors (Lipinski definition) is 2. The second-order valence-corrected chi connectivity index (χ2v) is 7.61. The van der Waals surface area contributed by atoms with Gasteiger partial charge in [-0.2, -0.15) is 0 Å². The predicted molar refractivity (Wildman–Crippen MR) is 83.7 cm³/mol. The van der Waals surface area contributed by atoms with Gasteiger partial charge in [0.25, 0.3) is 0 Å². The van der Waals surface area contributed by atoms with Crippen LogP contribution >= 0.6 is 15.9 Å². The Morgan fingerprint density at radius 2 is 2.15 bits per heavy atom. The van der Waals surface area contributed by atoms with E-state index in [9.17, 15) is 8.42 Å². The molecule has 0 saturated heterocycles. The number of anilines is 1. The lowest BCUT2D eigenvalue weighted by Gasteiger charge is -2.12. The average molecular weight is 363 g/mol. The van der Waals surface area contributed by atoms with Crippen LogP contribution in [0.5, 0.6) is 5.75 Å². The molecule has 1 aliphatic rings. The predicted octanol–water partition coefficient (Wildman–Crippen LogP) is 2.34. The molecule has 0 radical (unpaired) electrons. The van der Waals surface area contributed by atoms with Crippen LogP contribution in [0.3, 0.4) is 0 Å². The fraction of sp³-hybridized carbons (Fsp3) is 0.538. The van der Waals surface area contributed by atoms with E-state index in [4.69, 9.17) is 4.74 Å². The molecule has 0 heterocycles. The topological polar surface area (TPSA) is 67.4 Å². The van der Waals surface area contributed by atoms with Crippen LogP contribution in [-0.4, -0.2) is 33.9 Å². The molecule has 112 valence electrons. The molecule has 1 fully saturated rings. The molecule has 0 aromatic heterocycles. The van der Waals surface area contributed by atoms with Crippen molar-refractivity contribution in [3.63, 3.8) is 0 Å². The summed E-state index contributed by atoms with van der Waals surface area (Å²) in [4.78, 5) is 0. The van der Waals surface area contributed by atoms with Gasteiger partial charge in [-0.25, -0.2) is 8.42 Å². The summed E-state index contributed by atoms with van der Waals surface area (Å²) in [5.74, 6) is 0.607. The fourth-order valence-electron chi connectivity index (χ4n) is 1.83. The zero-order chi connectivity index (χ0) is 14.6. The minimum absolute atomic E-state index is 0.0996. The van der Waals surface area contributed by atoms with Crippen LogP contribution in [0.2, 0.25) is 0 Å². The van der Waals surface area contributed by atoms with Gasteiger partial charge in [0.15, 0.2) is 0 Å². The summed E-state index contributed by atoms with van der Waals surface area (Å²) in [7, 11) is -1.84. The number of hydrogen-bond acceptors (Lipinski definition) is 4. The average Bonchev–Trinajstić information content (AvgIpc) is 3.18. The Hall–Kier alpha value is -0.790. The lowest BCUT2D eigenvalue weighted by Crippen LogP contribution is -2.23. The van der Waals surface area contributed by atoms with Gasteiger partial charge in [0.05, 0.1) is 18.6 Å². The number of sulfonamides is 1. The Morgan fingerprint density at radius 3 is 2.80 bits per heavy atom. The van der Waals surface area contributed by atoms with Gasteiger partial charge in [-0.1, -0.05) is 15.9 Å². The zero-order valence-corrected chi connectivity index (χ0v) is 13.8. The second kappa shape index (κ2) is 6.78. The maximum absolute atomic E-state index is 12.0. The zero-order valence-electron chi connectivity index (χ0n) is 11.4. The Balaban J connectivity index is 1.90. The molecule has 0 aliphatic heterocycles.